The van der Waals surface area contributed by atoms with Crippen molar-refractivity contribution in [3.05, 3.63) is 94.5 Å². The molecular formula is C26H26N2O3. The summed E-state index contributed by atoms with van der Waals surface area (Å²) < 4.78 is 5.15. The number of benzene rings is 3. The lowest BCUT2D eigenvalue weighted by Gasteiger charge is -2.19. The van der Waals surface area contributed by atoms with Crippen LogP contribution in [-0.2, 0) is 24.2 Å². The monoisotopic (exact) mass is 414 g/mol. The molecule has 5 heteroatoms. The van der Waals surface area contributed by atoms with Crippen LogP contribution in [0, 0.1) is 6.92 Å². The van der Waals surface area contributed by atoms with Crippen molar-refractivity contribution in [2.45, 2.75) is 26.3 Å². The second kappa shape index (κ2) is 9.04. The quantitative estimate of drug-likeness (QED) is 0.662. The number of anilines is 1. The van der Waals surface area contributed by atoms with E-state index < -0.39 is 0 Å². The molecule has 2 amide bonds. The first-order valence-corrected chi connectivity index (χ1v) is 10.4. The van der Waals surface area contributed by atoms with Crippen molar-refractivity contribution < 1.29 is 14.3 Å². The van der Waals surface area contributed by atoms with Gasteiger partial charge in [0, 0.05) is 24.3 Å². The number of nitrogens with one attached hydrogen (secondary N) is 1. The van der Waals surface area contributed by atoms with Gasteiger partial charge in [-0.05, 0) is 59.9 Å². The number of carbonyl (C=O) groups excluding carboxylic acids is 2. The van der Waals surface area contributed by atoms with Crippen molar-refractivity contribution in [2.75, 3.05) is 18.6 Å². The topological polar surface area (TPSA) is 58.6 Å². The van der Waals surface area contributed by atoms with Gasteiger partial charge in [-0.1, -0.05) is 42.5 Å². The number of carbonyl (C=O) groups is 2. The first-order chi connectivity index (χ1) is 15.0. The maximum atomic E-state index is 13.1. The van der Waals surface area contributed by atoms with Crippen LogP contribution in [0.2, 0.25) is 0 Å². The molecule has 0 bridgehead atoms. The first-order valence-electron chi connectivity index (χ1n) is 10.4. The van der Waals surface area contributed by atoms with Crippen LogP contribution in [0.4, 0.5) is 5.69 Å². The Morgan fingerprint density at radius 1 is 1.00 bits per heavy atom. The Kier molecular flexibility index (Phi) is 6.03. The molecule has 1 N–H and O–H groups in total. The van der Waals surface area contributed by atoms with Gasteiger partial charge < -0.3 is 15.0 Å². The van der Waals surface area contributed by atoms with E-state index >= 15 is 0 Å². The molecule has 0 spiro atoms. The standard InChI is InChI=1S/C26H26N2O3/c1-18-5-3-4-6-23(18)26(30)28-14-13-21-10-7-20(15-24(21)28)17-27-25(29)16-19-8-11-22(31-2)12-9-19/h3-12,15H,13-14,16-17H2,1-2H3,(H,27,29). The highest BCUT2D eigenvalue weighted by molar-refractivity contribution is 6.08. The highest BCUT2D eigenvalue weighted by Crippen LogP contribution is 2.31. The summed E-state index contributed by atoms with van der Waals surface area (Å²) in [7, 11) is 1.62. The minimum atomic E-state index is -0.0430. The van der Waals surface area contributed by atoms with Gasteiger partial charge in [-0.15, -0.1) is 0 Å². The fraction of sp³-hybridized carbons (Fsp3) is 0.231. The summed E-state index contributed by atoms with van der Waals surface area (Å²) in [5.74, 6) is 0.753. The van der Waals surface area contributed by atoms with Crippen molar-refractivity contribution in [1.29, 1.82) is 0 Å². The highest BCUT2D eigenvalue weighted by Gasteiger charge is 2.26. The van der Waals surface area contributed by atoms with E-state index in [1.54, 1.807) is 7.11 Å². The highest BCUT2D eigenvalue weighted by atomic mass is 16.5. The summed E-state index contributed by atoms with van der Waals surface area (Å²) >= 11 is 0. The number of fused-ring (bicyclic) bond motifs is 1. The zero-order chi connectivity index (χ0) is 21.8. The maximum Gasteiger partial charge on any atom is 0.258 e. The third kappa shape index (κ3) is 4.61. The molecule has 1 aliphatic rings. The molecule has 0 atom stereocenters. The zero-order valence-electron chi connectivity index (χ0n) is 17.9. The van der Waals surface area contributed by atoms with Gasteiger partial charge in [0.15, 0.2) is 0 Å². The van der Waals surface area contributed by atoms with Crippen LogP contribution in [-0.4, -0.2) is 25.5 Å². The number of hydrogen-bond donors (Lipinski definition) is 1. The lowest BCUT2D eigenvalue weighted by atomic mass is 10.1. The predicted molar refractivity (Wildman–Crippen MR) is 122 cm³/mol. The normalized spacial score (nSPS) is 12.4. The second-order valence-corrected chi connectivity index (χ2v) is 7.79. The Bertz CT molecular complexity index is 1110. The number of amides is 2. The van der Waals surface area contributed by atoms with Crippen LogP contribution < -0.4 is 15.0 Å². The van der Waals surface area contributed by atoms with E-state index in [0.717, 1.165) is 45.7 Å². The number of nitrogens with zero attached hydrogens (tertiary/aromatic N) is 1. The molecule has 4 rings (SSSR count). The third-order valence-corrected chi connectivity index (χ3v) is 5.68. The van der Waals surface area contributed by atoms with Crippen LogP contribution in [0.1, 0.15) is 32.6 Å². The van der Waals surface area contributed by atoms with E-state index in [-0.39, 0.29) is 11.8 Å². The van der Waals surface area contributed by atoms with Gasteiger partial charge in [0.2, 0.25) is 5.91 Å². The zero-order valence-corrected chi connectivity index (χ0v) is 17.9. The molecule has 158 valence electrons. The molecule has 1 aliphatic heterocycles. The molecule has 1 heterocycles. The Labute approximate surface area is 182 Å². The second-order valence-electron chi connectivity index (χ2n) is 7.79. The van der Waals surface area contributed by atoms with Gasteiger partial charge >= 0.3 is 0 Å². The van der Waals surface area contributed by atoms with E-state index in [9.17, 15) is 9.59 Å². The van der Waals surface area contributed by atoms with Crippen LogP contribution >= 0.6 is 0 Å². The molecule has 3 aromatic rings. The summed E-state index contributed by atoms with van der Waals surface area (Å²) in [6.07, 6.45) is 1.16. The molecule has 0 saturated heterocycles. The lowest BCUT2D eigenvalue weighted by molar-refractivity contribution is -0.120. The Morgan fingerprint density at radius 3 is 2.48 bits per heavy atom. The van der Waals surface area contributed by atoms with Crippen LogP contribution in [0.25, 0.3) is 0 Å². The molecule has 0 aromatic heterocycles. The van der Waals surface area contributed by atoms with Crippen molar-refractivity contribution in [2.24, 2.45) is 0 Å². The molecule has 31 heavy (non-hydrogen) atoms. The van der Waals surface area contributed by atoms with Crippen molar-refractivity contribution in [3.8, 4) is 5.75 Å². The van der Waals surface area contributed by atoms with E-state index in [2.05, 4.69) is 11.4 Å². The summed E-state index contributed by atoms with van der Waals surface area (Å²) in [6, 6.07) is 21.3. The van der Waals surface area contributed by atoms with E-state index in [1.807, 2.05) is 72.5 Å². The van der Waals surface area contributed by atoms with Crippen molar-refractivity contribution >= 4 is 17.5 Å². The van der Waals surface area contributed by atoms with Gasteiger partial charge in [-0.25, -0.2) is 0 Å². The molecule has 0 saturated carbocycles. The van der Waals surface area contributed by atoms with E-state index in [0.29, 0.717) is 19.5 Å². The minimum Gasteiger partial charge on any atom is -0.497 e. The van der Waals surface area contributed by atoms with Gasteiger partial charge in [-0.2, -0.15) is 0 Å². The molecule has 0 unspecified atom stereocenters. The predicted octanol–water partition coefficient (Wildman–Crippen LogP) is 4.07. The fourth-order valence-corrected chi connectivity index (χ4v) is 3.90. The molecule has 0 radical (unpaired) electrons. The first kappa shape index (κ1) is 20.7. The SMILES string of the molecule is COc1ccc(CC(=O)NCc2ccc3c(c2)N(C(=O)c2ccccc2C)CC3)cc1. The van der Waals surface area contributed by atoms with Crippen molar-refractivity contribution in [1.82, 2.24) is 5.32 Å². The fourth-order valence-electron chi connectivity index (χ4n) is 3.90. The molecule has 0 fully saturated rings. The summed E-state index contributed by atoms with van der Waals surface area (Å²) in [4.78, 5) is 27.3. The van der Waals surface area contributed by atoms with Crippen molar-refractivity contribution in [3.63, 3.8) is 0 Å². The maximum absolute atomic E-state index is 13.1. The van der Waals surface area contributed by atoms with Gasteiger partial charge in [-0.3, -0.25) is 9.59 Å². The molecular weight excluding hydrogens is 388 g/mol. The minimum absolute atomic E-state index is 0.0255. The number of ether oxygens (including phenoxy) is 1. The van der Waals surface area contributed by atoms with Gasteiger partial charge in [0.05, 0.1) is 13.5 Å². The van der Waals surface area contributed by atoms with E-state index in [1.165, 1.54) is 0 Å². The largest absolute Gasteiger partial charge is 0.497 e. The summed E-state index contributed by atoms with van der Waals surface area (Å²) in [5.41, 5.74) is 5.72. The number of rotatable bonds is 6. The summed E-state index contributed by atoms with van der Waals surface area (Å²) in [6.45, 7) is 3.06. The van der Waals surface area contributed by atoms with Crippen LogP contribution in [0.5, 0.6) is 5.75 Å². The molecule has 3 aromatic carbocycles. The van der Waals surface area contributed by atoms with Crippen LogP contribution in [0.15, 0.2) is 66.7 Å². The third-order valence-electron chi connectivity index (χ3n) is 5.68. The van der Waals surface area contributed by atoms with E-state index in [4.69, 9.17) is 4.74 Å². The lowest BCUT2D eigenvalue weighted by Crippen LogP contribution is -2.29. The Morgan fingerprint density at radius 2 is 1.74 bits per heavy atom. The number of methoxy groups -OCH3 is 1. The molecule has 5 nitrogen and oxygen atoms in total. The van der Waals surface area contributed by atoms with Gasteiger partial charge in [0.1, 0.15) is 5.75 Å². The number of aryl methyl sites for hydroxylation is 1. The molecule has 0 aliphatic carbocycles. The smallest absolute Gasteiger partial charge is 0.258 e. The average molecular weight is 415 g/mol. The van der Waals surface area contributed by atoms with Crippen LogP contribution in [0.3, 0.4) is 0 Å². The summed E-state index contributed by atoms with van der Waals surface area (Å²) in [5, 5.41) is 2.98. The van der Waals surface area contributed by atoms with Gasteiger partial charge in [0.25, 0.3) is 5.91 Å². The average Bonchev–Trinajstić information content (AvgIpc) is 3.21. The Hall–Kier alpha value is -3.60. The Balaban J connectivity index is 1.42. The number of hydrogen-bond acceptors (Lipinski definition) is 3.